The second-order valence-corrected chi connectivity index (χ2v) is 2.84. The summed E-state index contributed by atoms with van der Waals surface area (Å²) in [7, 11) is 0. The molecule has 0 spiro atoms. The first-order chi connectivity index (χ1) is 7.15. The molecule has 0 unspecified atom stereocenters. The van der Waals surface area contributed by atoms with E-state index in [-0.39, 0.29) is 24.5 Å². The van der Waals surface area contributed by atoms with E-state index in [0.717, 1.165) is 12.1 Å². The van der Waals surface area contributed by atoms with Crippen LogP contribution in [0.1, 0.15) is 5.56 Å². The van der Waals surface area contributed by atoms with Gasteiger partial charge < -0.3 is 4.74 Å². The van der Waals surface area contributed by atoms with E-state index < -0.39 is 10.7 Å². The third-order valence-electron chi connectivity index (χ3n) is 1.73. The molecule has 0 bridgehead atoms. The normalized spacial score (nSPS) is 9.93. The maximum atomic E-state index is 13.1. The molecule has 0 aliphatic heterocycles. The molecular formula is C10H10FNO3. The van der Waals surface area contributed by atoms with E-state index in [0.29, 0.717) is 0 Å². The highest BCUT2D eigenvalue weighted by Gasteiger charge is 2.10. The van der Waals surface area contributed by atoms with Gasteiger partial charge in [-0.25, -0.2) is 4.39 Å². The number of halogens is 1. The fraction of sp³-hybridized carbons (Fsp3) is 0.200. The first-order valence-electron chi connectivity index (χ1n) is 4.26. The van der Waals surface area contributed by atoms with Gasteiger partial charge in [-0.15, -0.1) is 6.58 Å². The third kappa shape index (κ3) is 3.14. The number of nitro groups is 1. The number of hydrogen-bond donors (Lipinski definition) is 0. The van der Waals surface area contributed by atoms with Gasteiger partial charge in [0, 0.05) is 17.7 Å². The Morgan fingerprint density at radius 2 is 2.33 bits per heavy atom. The number of ether oxygens (including phenoxy) is 1. The Kier molecular flexibility index (Phi) is 3.93. The summed E-state index contributed by atoms with van der Waals surface area (Å²) in [6, 6.07) is 3.34. The molecule has 0 aliphatic rings. The summed E-state index contributed by atoms with van der Waals surface area (Å²) < 4.78 is 18.1. The first kappa shape index (κ1) is 11.3. The summed E-state index contributed by atoms with van der Waals surface area (Å²) in [4.78, 5) is 9.85. The number of non-ortho nitro benzene ring substituents is 1. The van der Waals surface area contributed by atoms with Crippen molar-refractivity contribution >= 4 is 5.69 Å². The molecule has 1 rings (SSSR count). The van der Waals surface area contributed by atoms with E-state index >= 15 is 0 Å². The van der Waals surface area contributed by atoms with E-state index in [1.54, 1.807) is 0 Å². The van der Waals surface area contributed by atoms with Crippen LogP contribution in [0.25, 0.3) is 0 Å². The van der Waals surface area contributed by atoms with Crippen LogP contribution in [0.3, 0.4) is 0 Å². The monoisotopic (exact) mass is 211 g/mol. The Hall–Kier alpha value is -1.75. The molecule has 1 aromatic rings. The topological polar surface area (TPSA) is 52.4 Å². The smallest absolute Gasteiger partial charge is 0.269 e. The Morgan fingerprint density at radius 1 is 1.60 bits per heavy atom. The average molecular weight is 211 g/mol. The summed E-state index contributed by atoms with van der Waals surface area (Å²) in [5.74, 6) is -0.510. The third-order valence-corrected chi connectivity index (χ3v) is 1.73. The van der Waals surface area contributed by atoms with E-state index in [9.17, 15) is 14.5 Å². The zero-order valence-electron chi connectivity index (χ0n) is 7.98. The number of rotatable bonds is 5. The SMILES string of the molecule is C=CCOCc1cc([N+](=O)[O-])ccc1F. The maximum Gasteiger partial charge on any atom is 0.269 e. The summed E-state index contributed by atoms with van der Waals surface area (Å²) >= 11 is 0. The lowest BCUT2D eigenvalue weighted by Gasteiger charge is -2.02. The zero-order valence-corrected chi connectivity index (χ0v) is 7.98. The van der Waals surface area contributed by atoms with Crippen LogP contribution in [-0.2, 0) is 11.3 Å². The molecule has 1 aromatic carbocycles. The predicted octanol–water partition coefficient (Wildman–Crippen LogP) is 2.44. The molecule has 0 fully saturated rings. The molecule has 5 heteroatoms. The van der Waals surface area contributed by atoms with Crippen molar-refractivity contribution in [2.45, 2.75) is 6.61 Å². The molecule has 15 heavy (non-hydrogen) atoms. The summed E-state index contributed by atoms with van der Waals surface area (Å²) in [6.07, 6.45) is 1.52. The second-order valence-electron chi connectivity index (χ2n) is 2.84. The van der Waals surface area contributed by atoms with Gasteiger partial charge >= 0.3 is 0 Å². The Bertz CT molecular complexity index is 379. The second kappa shape index (κ2) is 5.21. The Labute approximate surface area is 86.1 Å². The fourth-order valence-corrected chi connectivity index (χ4v) is 1.04. The van der Waals surface area contributed by atoms with Gasteiger partial charge in [0.15, 0.2) is 0 Å². The minimum absolute atomic E-state index is 0.000463. The lowest BCUT2D eigenvalue weighted by molar-refractivity contribution is -0.385. The number of nitrogens with zero attached hydrogens (tertiary/aromatic N) is 1. The number of nitro benzene ring substituents is 1. The van der Waals surface area contributed by atoms with Crippen molar-refractivity contribution in [3.8, 4) is 0 Å². The van der Waals surface area contributed by atoms with Crippen LogP contribution >= 0.6 is 0 Å². The molecule has 0 aromatic heterocycles. The lowest BCUT2D eigenvalue weighted by atomic mass is 10.2. The van der Waals surface area contributed by atoms with Crippen molar-refractivity contribution in [3.63, 3.8) is 0 Å². The number of benzene rings is 1. The van der Waals surface area contributed by atoms with Crippen molar-refractivity contribution in [2.24, 2.45) is 0 Å². The van der Waals surface area contributed by atoms with E-state index in [1.165, 1.54) is 12.1 Å². The van der Waals surface area contributed by atoms with Gasteiger partial charge in [0.25, 0.3) is 5.69 Å². The zero-order chi connectivity index (χ0) is 11.3. The van der Waals surface area contributed by atoms with Crippen LogP contribution in [0.15, 0.2) is 30.9 Å². The molecule has 0 atom stereocenters. The molecule has 0 amide bonds. The van der Waals surface area contributed by atoms with Gasteiger partial charge in [-0.1, -0.05) is 6.08 Å². The predicted molar refractivity (Wildman–Crippen MR) is 52.9 cm³/mol. The highest BCUT2D eigenvalue weighted by molar-refractivity contribution is 5.34. The molecular weight excluding hydrogens is 201 g/mol. The van der Waals surface area contributed by atoms with Crippen LogP contribution in [0.4, 0.5) is 10.1 Å². The minimum Gasteiger partial charge on any atom is -0.373 e. The van der Waals surface area contributed by atoms with E-state index in [4.69, 9.17) is 4.74 Å². The average Bonchev–Trinajstić information content (AvgIpc) is 2.20. The fourth-order valence-electron chi connectivity index (χ4n) is 1.04. The highest BCUT2D eigenvalue weighted by atomic mass is 19.1. The van der Waals surface area contributed by atoms with Gasteiger partial charge in [-0.2, -0.15) is 0 Å². The molecule has 0 saturated heterocycles. The molecule has 0 saturated carbocycles. The van der Waals surface area contributed by atoms with Gasteiger partial charge in [0.1, 0.15) is 5.82 Å². The van der Waals surface area contributed by atoms with Crippen molar-refractivity contribution in [2.75, 3.05) is 6.61 Å². The highest BCUT2D eigenvalue weighted by Crippen LogP contribution is 2.17. The van der Waals surface area contributed by atoms with Crippen LogP contribution in [0.5, 0.6) is 0 Å². The summed E-state index contributed by atoms with van der Waals surface area (Å²) in [5.41, 5.74) is 0.0275. The molecule has 0 aliphatic carbocycles. The van der Waals surface area contributed by atoms with Crippen LogP contribution in [0, 0.1) is 15.9 Å². The van der Waals surface area contributed by atoms with Crippen LogP contribution in [0.2, 0.25) is 0 Å². The Balaban J connectivity index is 2.80. The standard InChI is InChI=1S/C10H10FNO3/c1-2-5-15-7-8-6-9(12(13)14)3-4-10(8)11/h2-4,6H,1,5,7H2. The quantitative estimate of drug-likeness (QED) is 0.325. The van der Waals surface area contributed by atoms with Crippen molar-refractivity contribution < 1.29 is 14.1 Å². The van der Waals surface area contributed by atoms with Crippen molar-refractivity contribution in [1.29, 1.82) is 0 Å². The summed E-state index contributed by atoms with van der Waals surface area (Å²) in [6.45, 7) is 3.71. The van der Waals surface area contributed by atoms with Gasteiger partial charge in [0.05, 0.1) is 18.1 Å². The molecule has 0 N–H and O–H groups in total. The molecule has 80 valence electrons. The maximum absolute atomic E-state index is 13.1. The van der Waals surface area contributed by atoms with E-state index in [1.807, 2.05) is 0 Å². The van der Waals surface area contributed by atoms with Crippen molar-refractivity contribution in [3.05, 3.63) is 52.3 Å². The number of hydrogen-bond acceptors (Lipinski definition) is 3. The molecule has 0 heterocycles. The lowest BCUT2D eigenvalue weighted by Crippen LogP contribution is -1.98. The molecule has 0 radical (unpaired) electrons. The molecule has 4 nitrogen and oxygen atoms in total. The van der Waals surface area contributed by atoms with E-state index in [2.05, 4.69) is 6.58 Å². The summed E-state index contributed by atoms with van der Waals surface area (Å²) in [5, 5.41) is 10.4. The van der Waals surface area contributed by atoms with Gasteiger partial charge in [-0.3, -0.25) is 10.1 Å². The van der Waals surface area contributed by atoms with Crippen LogP contribution < -0.4 is 0 Å². The van der Waals surface area contributed by atoms with Gasteiger partial charge in [-0.05, 0) is 6.07 Å². The first-order valence-corrected chi connectivity index (χ1v) is 4.26. The van der Waals surface area contributed by atoms with Crippen molar-refractivity contribution in [1.82, 2.24) is 0 Å². The minimum atomic E-state index is -0.573. The van der Waals surface area contributed by atoms with Gasteiger partial charge in [0.2, 0.25) is 0 Å². The largest absolute Gasteiger partial charge is 0.373 e. The van der Waals surface area contributed by atoms with Crippen LogP contribution in [-0.4, -0.2) is 11.5 Å². The Morgan fingerprint density at radius 3 is 2.93 bits per heavy atom.